The molecule has 0 fully saturated rings. The second-order valence-electron chi connectivity index (χ2n) is 5.90. The SMILES string of the molecule is Cc1cccc(CN(C)CCCCCNC(C)C)c1. The lowest BCUT2D eigenvalue weighted by Gasteiger charge is -2.17. The highest BCUT2D eigenvalue weighted by Crippen LogP contribution is 2.07. The smallest absolute Gasteiger partial charge is 0.0230 e. The first-order valence-electron chi connectivity index (χ1n) is 7.55. The molecule has 0 heterocycles. The zero-order chi connectivity index (χ0) is 14.1. The predicted octanol–water partition coefficient (Wildman–Crippen LogP) is 3.60. The molecule has 0 aliphatic carbocycles. The van der Waals surface area contributed by atoms with Crippen LogP contribution in [-0.2, 0) is 6.54 Å². The van der Waals surface area contributed by atoms with E-state index in [2.05, 4.69) is 62.3 Å². The lowest BCUT2D eigenvalue weighted by Crippen LogP contribution is -2.24. The van der Waals surface area contributed by atoms with Crippen molar-refractivity contribution in [2.75, 3.05) is 20.1 Å². The molecule has 0 spiro atoms. The number of unbranched alkanes of at least 4 members (excludes halogenated alkanes) is 2. The van der Waals surface area contributed by atoms with E-state index in [1.165, 1.54) is 36.9 Å². The van der Waals surface area contributed by atoms with Gasteiger partial charge in [-0.15, -0.1) is 0 Å². The molecule has 0 bridgehead atoms. The van der Waals surface area contributed by atoms with Crippen LogP contribution in [0.25, 0.3) is 0 Å². The Kier molecular flexibility index (Phi) is 7.76. The van der Waals surface area contributed by atoms with E-state index in [-0.39, 0.29) is 0 Å². The fourth-order valence-corrected chi connectivity index (χ4v) is 2.28. The third-order valence-electron chi connectivity index (χ3n) is 3.30. The van der Waals surface area contributed by atoms with Gasteiger partial charge in [0.15, 0.2) is 0 Å². The topological polar surface area (TPSA) is 15.3 Å². The molecular weight excluding hydrogens is 232 g/mol. The predicted molar refractivity (Wildman–Crippen MR) is 84.5 cm³/mol. The van der Waals surface area contributed by atoms with E-state index in [0.717, 1.165) is 13.1 Å². The van der Waals surface area contributed by atoms with Crippen LogP contribution >= 0.6 is 0 Å². The molecule has 19 heavy (non-hydrogen) atoms. The summed E-state index contributed by atoms with van der Waals surface area (Å²) in [7, 11) is 2.22. The van der Waals surface area contributed by atoms with Gasteiger partial charge in [-0.05, 0) is 45.5 Å². The van der Waals surface area contributed by atoms with Crippen molar-refractivity contribution in [3.05, 3.63) is 35.4 Å². The molecule has 0 unspecified atom stereocenters. The van der Waals surface area contributed by atoms with Crippen molar-refractivity contribution in [3.8, 4) is 0 Å². The summed E-state index contributed by atoms with van der Waals surface area (Å²) in [5.41, 5.74) is 2.77. The number of benzene rings is 1. The molecule has 0 aromatic heterocycles. The fraction of sp³-hybridized carbons (Fsp3) is 0.647. The van der Waals surface area contributed by atoms with E-state index >= 15 is 0 Å². The number of nitrogens with zero attached hydrogens (tertiary/aromatic N) is 1. The Labute approximate surface area is 119 Å². The van der Waals surface area contributed by atoms with Gasteiger partial charge in [-0.3, -0.25) is 0 Å². The Balaban J connectivity index is 2.09. The van der Waals surface area contributed by atoms with Crippen LogP contribution in [0.4, 0.5) is 0 Å². The Morgan fingerprint density at radius 2 is 1.95 bits per heavy atom. The Morgan fingerprint density at radius 3 is 2.63 bits per heavy atom. The van der Waals surface area contributed by atoms with Crippen molar-refractivity contribution in [2.45, 2.75) is 52.6 Å². The van der Waals surface area contributed by atoms with E-state index in [1.54, 1.807) is 0 Å². The first kappa shape index (κ1) is 16.2. The van der Waals surface area contributed by atoms with Crippen LogP contribution in [0.3, 0.4) is 0 Å². The summed E-state index contributed by atoms with van der Waals surface area (Å²) in [6.07, 6.45) is 3.90. The van der Waals surface area contributed by atoms with E-state index in [0.29, 0.717) is 6.04 Å². The number of rotatable bonds is 9. The van der Waals surface area contributed by atoms with Gasteiger partial charge in [-0.2, -0.15) is 0 Å². The number of hydrogen-bond donors (Lipinski definition) is 1. The maximum absolute atomic E-state index is 3.47. The zero-order valence-electron chi connectivity index (χ0n) is 13.1. The average Bonchev–Trinajstić information content (AvgIpc) is 2.33. The normalized spacial score (nSPS) is 11.5. The molecule has 0 saturated carbocycles. The van der Waals surface area contributed by atoms with Crippen LogP contribution in [0.5, 0.6) is 0 Å². The van der Waals surface area contributed by atoms with Crippen molar-refractivity contribution in [3.63, 3.8) is 0 Å². The molecule has 1 rings (SSSR count). The molecular formula is C17H30N2. The molecule has 0 aliphatic rings. The number of hydrogen-bond acceptors (Lipinski definition) is 2. The van der Waals surface area contributed by atoms with Crippen molar-refractivity contribution in [1.29, 1.82) is 0 Å². The maximum Gasteiger partial charge on any atom is 0.0230 e. The average molecular weight is 262 g/mol. The monoisotopic (exact) mass is 262 g/mol. The Morgan fingerprint density at radius 1 is 1.16 bits per heavy atom. The number of nitrogens with one attached hydrogen (secondary N) is 1. The van der Waals surface area contributed by atoms with Gasteiger partial charge in [-0.1, -0.05) is 50.1 Å². The van der Waals surface area contributed by atoms with Crippen molar-refractivity contribution < 1.29 is 0 Å². The van der Waals surface area contributed by atoms with Crippen LogP contribution in [0.2, 0.25) is 0 Å². The fourth-order valence-electron chi connectivity index (χ4n) is 2.28. The van der Waals surface area contributed by atoms with Crippen LogP contribution in [-0.4, -0.2) is 31.1 Å². The molecule has 2 nitrogen and oxygen atoms in total. The quantitative estimate of drug-likeness (QED) is 0.684. The highest BCUT2D eigenvalue weighted by atomic mass is 15.1. The second-order valence-corrected chi connectivity index (χ2v) is 5.90. The molecule has 1 aromatic rings. The summed E-state index contributed by atoms with van der Waals surface area (Å²) in [4.78, 5) is 2.42. The third kappa shape index (κ3) is 8.02. The Bertz CT molecular complexity index is 347. The van der Waals surface area contributed by atoms with Crippen molar-refractivity contribution >= 4 is 0 Å². The summed E-state index contributed by atoms with van der Waals surface area (Å²) in [6.45, 7) is 9.97. The maximum atomic E-state index is 3.47. The van der Waals surface area contributed by atoms with Crippen molar-refractivity contribution in [1.82, 2.24) is 10.2 Å². The highest BCUT2D eigenvalue weighted by molar-refractivity contribution is 5.21. The lowest BCUT2D eigenvalue weighted by molar-refractivity contribution is 0.316. The van der Waals surface area contributed by atoms with Gasteiger partial charge < -0.3 is 10.2 Å². The summed E-state index contributed by atoms with van der Waals surface area (Å²) in [6, 6.07) is 9.42. The highest BCUT2D eigenvalue weighted by Gasteiger charge is 2.00. The first-order valence-corrected chi connectivity index (χ1v) is 7.55. The minimum absolute atomic E-state index is 0.615. The molecule has 108 valence electrons. The molecule has 0 radical (unpaired) electrons. The third-order valence-corrected chi connectivity index (χ3v) is 3.30. The Hall–Kier alpha value is -0.860. The molecule has 2 heteroatoms. The zero-order valence-corrected chi connectivity index (χ0v) is 13.1. The molecule has 0 amide bonds. The van der Waals surface area contributed by atoms with Gasteiger partial charge in [-0.25, -0.2) is 0 Å². The largest absolute Gasteiger partial charge is 0.315 e. The van der Waals surface area contributed by atoms with Gasteiger partial charge >= 0.3 is 0 Å². The number of aryl methyl sites for hydroxylation is 1. The summed E-state index contributed by atoms with van der Waals surface area (Å²) in [5.74, 6) is 0. The standard InChI is InChI=1S/C17H30N2/c1-15(2)18-11-6-5-7-12-19(4)14-17-10-8-9-16(3)13-17/h8-10,13,15,18H,5-7,11-12,14H2,1-4H3. The molecule has 1 aromatic carbocycles. The van der Waals surface area contributed by atoms with Crippen LogP contribution < -0.4 is 5.32 Å². The van der Waals surface area contributed by atoms with Gasteiger partial charge in [0.05, 0.1) is 0 Å². The van der Waals surface area contributed by atoms with E-state index in [1.807, 2.05) is 0 Å². The summed E-state index contributed by atoms with van der Waals surface area (Å²) < 4.78 is 0. The molecule has 0 atom stereocenters. The van der Waals surface area contributed by atoms with Crippen LogP contribution in [0, 0.1) is 6.92 Å². The molecule has 0 aliphatic heterocycles. The van der Waals surface area contributed by atoms with Gasteiger partial charge in [0.1, 0.15) is 0 Å². The molecule has 0 saturated heterocycles. The van der Waals surface area contributed by atoms with Crippen LogP contribution in [0.15, 0.2) is 24.3 Å². The lowest BCUT2D eigenvalue weighted by atomic mass is 10.1. The second kappa shape index (κ2) is 9.11. The van der Waals surface area contributed by atoms with E-state index < -0.39 is 0 Å². The first-order chi connectivity index (χ1) is 9.08. The minimum Gasteiger partial charge on any atom is -0.315 e. The molecule has 1 N–H and O–H groups in total. The van der Waals surface area contributed by atoms with E-state index in [4.69, 9.17) is 0 Å². The van der Waals surface area contributed by atoms with Gasteiger partial charge in [0.2, 0.25) is 0 Å². The van der Waals surface area contributed by atoms with Gasteiger partial charge in [0, 0.05) is 12.6 Å². The summed E-state index contributed by atoms with van der Waals surface area (Å²) >= 11 is 0. The van der Waals surface area contributed by atoms with Crippen LogP contribution in [0.1, 0.15) is 44.2 Å². The van der Waals surface area contributed by atoms with Gasteiger partial charge in [0.25, 0.3) is 0 Å². The minimum atomic E-state index is 0.615. The van der Waals surface area contributed by atoms with E-state index in [9.17, 15) is 0 Å². The van der Waals surface area contributed by atoms with Crippen molar-refractivity contribution in [2.24, 2.45) is 0 Å². The summed E-state index contributed by atoms with van der Waals surface area (Å²) in [5, 5.41) is 3.47.